The highest BCUT2D eigenvalue weighted by Gasteiger charge is 2.71. The van der Waals surface area contributed by atoms with Crippen molar-refractivity contribution < 1.29 is 14.4 Å². The van der Waals surface area contributed by atoms with Crippen molar-refractivity contribution in [3.8, 4) is 0 Å². The van der Waals surface area contributed by atoms with Crippen molar-refractivity contribution >= 4 is 34.9 Å². The fraction of sp³-hybridized carbons (Fsp3) is 0.400. The minimum absolute atomic E-state index is 0.0654. The van der Waals surface area contributed by atoms with Crippen molar-refractivity contribution in [2.45, 2.75) is 47.0 Å². The number of oxime groups is 1. The molecule has 2 atom stereocenters. The largest absolute Gasteiger partial charge is 0.365 e. The normalized spacial score (nSPS) is 27.3. The molecule has 6 heteroatoms. The Morgan fingerprint density at radius 1 is 1.03 bits per heavy atom. The number of carbonyl (C=O) groups excluding carboxylic acids is 2. The van der Waals surface area contributed by atoms with E-state index in [0.29, 0.717) is 22.7 Å². The van der Waals surface area contributed by atoms with Crippen LogP contribution in [0.5, 0.6) is 0 Å². The summed E-state index contributed by atoms with van der Waals surface area (Å²) in [4.78, 5) is 31.3. The van der Waals surface area contributed by atoms with Gasteiger partial charge in [0.25, 0.3) is 0 Å². The van der Waals surface area contributed by atoms with E-state index in [9.17, 15) is 9.59 Å². The van der Waals surface area contributed by atoms with Crippen molar-refractivity contribution in [2.24, 2.45) is 21.4 Å². The summed E-state index contributed by atoms with van der Waals surface area (Å²) in [5.74, 6) is -0.560. The maximum atomic E-state index is 13.5. The lowest BCUT2D eigenvalue weighted by Gasteiger charge is -2.39. The van der Waals surface area contributed by atoms with E-state index < -0.39 is 11.4 Å². The molecule has 5 nitrogen and oxygen atoms in total. The minimum atomic E-state index is -0.643. The third-order valence-electron chi connectivity index (χ3n) is 7.82. The molecule has 2 bridgehead atoms. The van der Waals surface area contributed by atoms with Crippen LogP contribution < -0.4 is 5.32 Å². The standard InChI is InChI=1S/C25H27ClN2O3/c1-16-9-11-17(12-10-16)21(29)31-28-20-15-25(14-13-24(20,4)23(25,2)3)22(30)27-19-8-6-5-7-18(19)26/h5-12H,13-15H2,1-4H3,(H,27,30)/b28-20+. The van der Waals surface area contributed by atoms with Crippen LogP contribution in [-0.2, 0) is 9.63 Å². The first-order chi connectivity index (χ1) is 14.6. The minimum Gasteiger partial charge on any atom is -0.324 e. The number of nitrogens with zero attached hydrogens (tertiary/aromatic N) is 1. The summed E-state index contributed by atoms with van der Waals surface area (Å²) in [6.07, 6.45) is 2.00. The van der Waals surface area contributed by atoms with Crippen LogP contribution in [0.4, 0.5) is 5.69 Å². The molecule has 162 valence electrons. The van der Waals surface area contributed by atoms with Crippen LogP contribution in [-0.4, -0.2) is 17.6 Å². The van der Waals surface area contributed by atoms with Crippen molar-refractivity contribution in [1.29, 1.82) is 0 Å². The number of aryl methyl sites for hydroxylation is 1. The van der Waals surface area contributed by atoms with Gasteiger partial charge in [-0.05, 0) is 49.4 Å². The lowest BCUT2D eigenvalue weighted by molar-refractivity contribution is -0.130. The second kappa shape index (κ2) is 7.49. The number of anilines is 1. The predicted molar refractivity (Wildman–Crippen MR) is 122 cm³/mol. The van der Waals surface area contributed by atoms with Gasteiger partial charge < -0.3 is 10.2 Å². The van der Waals surface area contributed by atoms with Crippen molar-refractivity contribution in [1.82, 2.24) is 0 Å². The molecular weight excluding hydrogens is 412 g/mol. The summed E-state index contributed by atoms with van der Waals surface area (Å²) in [6.45, 7) is 8.29. The number of amides is 1. The second-order valence-electron chi connectivity index (χ2n) is 9.43. The van der Waals surface area contributed by atoms with Crippen LogP contribution in [0, 0.1) is 23.2 Å². The van der Waals surface area contributed by atoms with Gasteiger partial charge in [-0.15, -0.1) is 0 Å². The third-order valence-corrected chi connectivity index (χ3v) is 8.15. The van der Waals surface area contributed by atoms with E-state index in [4.69, 9.17) is 16.4 Å². The Balaban J connectivity index is 1.59. The van der Waals surface area contributed by atoms with E-state index in [1.165, 1.54) is 0 Å². The van der Waals surface area contributed by atoms with Gasteiger partial charge in [0.2, 0.25) is 5.91 Å². The summed E-state index contributed by atoms with van der Waals surface area (Å²) in [7, 11) is 0. The highest BCUT2D eigenvalue weighted by Crippen LogP contribution is 2.71. The molecule has 0 aliphatic heterocycles. The zero-order valence-electron chi connectivity index (χ0n) is 18.3. The highest BCUT2D eigenvalue weighted by atomic mass is 35.5. The van der Waals surface area contributed by atoms with Crippen LogP contribution in [0.25, 0.3) is 0 Å². The Bertz CT molecular complexity index is 1080. The zero-order valence-corrected chi connectivity index (χ0v) is 19.0. The van der Waals surface area contributed by atoms with E-state index in [-0.39, 0.29) is 16.7 Å². The fourth-order valence-electron chi connectivity index (χ4n) is 5.17. The van der Waals surface area contributed by atoms with Gasteiger partial charge in [0.1, 0.15) is 0 Å². The Kier molecular flexibility index (Phi) is 5.21. The molecule has 2 aliphatic rings. The van der Waals surface area contributed by atoms with E-state index in [1.54, 1.807) is 24.3 Å². The van der Waals surface area contributed by atoms with E-state index in [0.717, 1.165) is 24.1 Å². The molecule has 31 heavy (non-hydrogen) atoms. The summed E-state index contributed by atoms with van der Waals surface area (Å²) < 4.78 is 0. The van der Waals surface area contributed by atoms with Gasteiger partial charge in [-0.2, -0.15) is 0 Å². The fourth-order valence-corrected chi connectivity index (χ4v) is 5.35. The molecule has 2 saturated carbocycles. The lowest BCUT2D eigenvalue weighted by atomic mass is 9.64. The number of para-hydroxylation sites is 1. The summed E-state index contributed by atoms with van der Waals surface area (Å²) >= 11 is 6.26. The van der Waals surface area contributed by atoms with Gasteiger partial charge in [-0.3, -0.25) is 4.79 Å². The summed E-state index contributed by atoms with van der Waals surface area (Å²) in [5.41, 5.74) is 1.54. The average molecular weight is 439 g/mol. The van der Waals surface area contributed by atoms with E-state index in [2.05, 4.69) is 31.2 Å². The average Bonchev–Trinajstić information content (AvgIpc) is 3.05. The van der Waals surface area contributed by atoms with Gasteiger partial charge in [-0.1, -0.05) is 67.4 Å². The van der Waals surface area contributed by atoms with Crippen molar-refractivity contribution in [3.05, 3.63) is 64.7 Å². The number of benzene rings is 2. The third kappa shape index (κ3) is 3.26. The van der Waals surface area contributed by atoms with E-state index in [1.807, 2.05) is 31.2 Å². The number of fused-ring (bicyclic) bond motifs is 2. The molecular formula is C25H27ClN2O3. The molecule has 0 saturated heterocycles. The molecule has 0 aromatic heterocycles. The number of halogens is 1. The molecule has 2 fully saturated rings. The first-order valence-electron chi connectivity index (χ1n) is 10.5. The molecule has 2 unspecified atom stereocenters. The SMILES string of the molecule is Cc1ccc(C(=O)O/N=C2\CC3(C(=O)Nc4ccccc4Cl)CCC2(C)C3(C)C)cc1. The number of hydrogen-bond acceptors (Lipinski definition) is 4. The molecule has 0 radical (unpaired) electrons. The van der Waals surface area contributed by atoms with Crippen LogP contribution in [0.1, 0.15) is 56.0 Å². The van der Waals surface area contributed by atoms with Crippen LogP contribution >= 0.6 is 11.6 Å². The monoisotopic (exact) mass is 438 g/mol. The van der Waals surface area contributed by atoms with Gasteiger partial charge in [-0.25, -0.2) is 4.79 Å². The smallest absolute Gasteiger partial charge is 0.324 e. The Hall–Kier alpha value is -2.66. The molecule has 2 aromatic rings. The van der Waals surface area contributed by atoms with Gasteiger partial charge in [0, 0.05) is 11.8 Å². The first-order valence-corrected chi connectivity index (χ1v) is 10.9. The zero-order chi connectivity index (χ0) is 22.4. The van der Waals surface area contributed by atoms with Crippen LogP contribution in [0.15, 0.2) is 53.7 Å². The van der Waals surface area contributed by atoms with Gasteiger partial charge in [0.15, 0.2) is 0 Å². The molecule has 2 aliphatic carbocycles. The summed E-state index contributed by atoms with van der Waals surface area (Å²) in [5, 5.41) is 7.82. The Morgan fingerprint density at radius 3 is 2.39 bits per heavy atom. The first kappa shape index (κ1) is 21.6. The quantitative estimate of drug-likeness (QED) is 0.469. The van der Waals surface area contributed by atoms with Gasteiger partial charge >= 0.3 is 5.97 Å². The topological polar surface area (TPSA) is 67.8 Å². The van der Waals surface area contributed by atoms with E-state index >= 15 is 0 Å². The molecule has 1 N–H and O–H groups in total. The molecule has 0 heterocycles. The Morgan fingerprint density at radius 2 is 1.71 bits per heavy atom. The number of rotatable bonds is 4. The summed E-state index contributed by atoms with van der Waals surface area (Å²) in [6, 6.07) is 14.4. The molecule has 1 amide bonds. The number of hydrogen-bond donors (Lipinski definition) is 1. The number of nitrogens with one attached hydrogen (secondary N) is 1. The predicted octanol–water partition coefficient (Wildman–Crippen LogP) is 6.02. The van der Waals surface area contributed by atoms with Crippen molar-refractivity contribution in [2.75, 3.05) is 5.32 Å². The van der Waals surface area contributed by atoms with Crippen molar-refractivity contribution in [3.63, 3.8) is 0 Å². The maximum absolute atomic E-state index is 13.5. The van der Waals surface area contributed by atoms with Gasteiger partial charge in [0.05, 0.1) is 27.4 Å². The Labute approximate surface area is 187 Å². The molecule has 4 rings (SSSR count). The lowest BCUT2D eigenvalue weighted by Crippen LogP contribution is -2.43. The van der Waals surface area contributed by atoms with Crippen LogP contribution in [0.2, 0.25) is 5.02 Å². The highest BCUT2D eigenvalue weighted by molar-refractivity contribution is 6.33. The van der Waals surface area contributed by atoms with Crippen LogP contribution in [0.3, 0.4) is 0 Å². The maximum Gasteiger partial charge on any atom is 0.365 e. The molecule has 0 spiro atoms. The number of carbonyl (C=O) groups is 2. The second-order valence-corrected chi connectivity index (χ2v) is 9.84. The molecule has 2 aromatic carbocycles.